The van der Waals surface area contributed by atoms with Gasteiger partial charge in [-0.3, -0.25) is 4.90 Å². The minimum atomic E-state index is -0.157. The Labute approximate surface area is 128 Å². The minimum Gasteiger partial charge on any atom is -0.311 e. The van der Waals surface area contributed by atoms with Crippen LogP contribution in [-0.2, 0) is 6.54 Å². The number of fused-ring (bicyclic) bond motifs is 2. The van der Waals surface area contributed by atoms with E-state index in [-0.39, 0.29) is 5.82 Å². The predicted molar refractivity (Wildman–Crippen MR) is 83.2 cm³/mol. The van der Waals surface area contributed by atoms with Crippen LogP contribution in [0.3, 0.4) is 0 Å². The molecule has 1 aromatic rings. The molecule has 1 aromatic carbocycles. The smallest absolute Gasteiger partial charge is 0.124 e. The van der Waals surface area contributed by atoms with E-state index in [4.69, 9.17) is 0 Å². The van der Waals surface area contributed by atoms with Gasteiger partial charge in [0, 0.05) is 29.1 Å². The molecule has 4 heteroatoms. The van der Waals surface area contributed by atoms with E-state index in [0.29, 0.717) is 18.1 Å². The van der Waals surface area contributed by atoms with Gasteiger partial charge >= 0.3 is 0 Å². The average Bonchev–Trinajstić information content (AvgIpc) is 2.73. The van der Waals surface area contributed by atoms with Crippen LogP contribution in [0.4, 0.5) is 4.39 Å². The van der Waals surface area contributed by atoms with Crippen molar-refractivity contribution in [2.45, 2.75) is 57.3 Å². The summed E-state index contributed by atoms with van der Waals surface area (Å²) in [6, 6.07) is 7.25. The number of rotatable bonds is 4. The Morgan fingerprint density at radius 1 is 1.25 bits per heavy atom. The summed E-state index contributed by atoms with van der Waals surface area (Å²) in [5.41, 5.74) is 1.06. The second-order valence-corrected chi connectivity index (χ2v) is 7.02. The van der Waals surface area contributed by atoms with Gasteiger partial charge in [0.05, 0.1) is 0 Å². The van der Waals surface area contributed by atoms with E-state index in [1.54, 1.807) is 6.07 Å². The molecule has 2 saturated heterocycles. The van der Waals surface area contributed by atoms with Crippen molar-refractivity contribution in [1.82, 2.24) is 10.2 Å². The number of hydrogen-bond donors (Lipinski definition) is 1. The van der Waals surface area contributed by atoms with Crippen LogP contribution in [0.25, 0.3) is 0 Å². The zero-order valence-corrected chi connectivity index (χ0v) is 13.5. The Morgan fingerprint density at radius 2 is 1.95 bits per heavy atom. The molecule has 2 nitrogen and oxygen atoms in total. The summed E-state index contributed by atoms with van der Waals surface area (Å²) in [6.45, 7) is 4.08. The topological polar surface area (TPSA) is 15.3 Å². The van der Waals surface area contributed by atoms with Crippen molar-refractivity contribution in [3.63, 3.8) is 0 Å². The number of halogens is 2. The highest BCUT2D eigenvalue weighted by molar-refractivity contribution is 9.10. The molecule has 2 aliphatic rings. The molecule has 2 heterocycles. The van der Waals surface area contributed by atoms with E-state index < -0.39 is 0 Å². The van der Waals surface area contributed by atoms with Crippen LogP contribution in [0.5, 0.6) is 0 Å². The lowest BCUT2D eigenvalue weighted by atomic mass is 9.97. The molecule has 110 valence electrons. The highest BCUT2D eigenvalue weighted by atomic mass is 79.9. The van der Waals surface area contributed by atoms with E-state index in [1.165, 1.54) is 31.7 Å². The first-order valence-corrected chi connectivity index (χ1v) is 8.38. The standard InChI is InChI=1S/C16H22BrFN2/c1-2-20(10-11-5-12(17)7-13(18)6-11)16-8-14-3-4-15(9-16)19-14/h5-7,14-16,19H,2-4,8-10H2,1H3. The molecule has 0 spiro atoms. The van der Waals surface area contributed by atoms with E-state index >= 15 is 0 Å². The first kappa shape index (κ1) is 14.5. The van der Waals surface area contributed by atoms with Crippen LogP contribution in [0, 0.1) is 5.82 Å². The number of hydrogen-bond acceptors (Lipinski definition) is 2. The molecule has 0 aliphatic carbocycles. The molecule has 0 aromatic heterocycles. The largest absolute Gasteiger partial charge is 0.311 e. The predicted octanol–water partition coefficient (Wildman–Crippen LogP) is 3.69. The van der Waals surface area contributed by atoms with Gasteiger partial charge in [-0.1, -0.05) is 22.9 Å². The van der Waals surface area contributed by atoms with Gasteiger partial charge in [-0.2, -0.15) is 0 Å². The third-order valence-corrected chi connectivity index (χ3v) is 5.14. The Kier molecular flexibility index (Phi) is 4.43. The average molecular weight is 341 g/mol. The van der Waals surface area contributed by atoms with Gasteiger partial charge in [0.1, 0.15) is 5.82 Å². The maximum absolute atomic E-state index is 13.5. The monoisotopic (exact) mass is 340 g/mol. The first-order chi connectivity index (χ1) is 9.64. The second kappa shape index (κ2) is 6.12. The van der Waals surface area contributed by atoms with Crippen molar-refractivity contribution in [2.24, 2.45) is 0 Å². The van der Waals surface area contributed by atoms with Crippen LogP contribution < -0.4 is 5.32 Å². The van der Waals surface area contributed by atoms with Crippen molar-refractivity contribution in [3.05, 3.63) is 34.1 Å². The van der Waals surface area contributed by atoms with Crippen LogP contribution in [0.15, 0.2) is 22.7 Å². The van der Waals surface area contributed by atoms with E-state index in [0.717, 1.165) is 23.1 Å². The molecule has 2 fully saturated rings. The van der Waals surface area contributed by atoms with Gasteiger partial charge in [-0.05, 0) is 56.0 Å². The Balaban J connectivity index is 1.70. The Hall–Kier alpha value is -0.450. The maximum Gasteiger partial charge on any atom is 0.124 e. The minimum absolute atomic E-state index is 0.157. The molecule has 2 unspecified atom stereocenters. The Bertz CT molecular complexity index is 447. The molecular weight excluding hydrogens is 319 g/mol. The summed E-state index contributed by atoms with van der Waals surface area (Å²) in [4.78, 5) is 2.51. The fourth-order valence-corrected chi connectivity index (χ4v) is 4.27. The SMILES string of the molecule is CCN(Cc1cc(F)cc(Br)c1)C1CC2CCC(C1)N2. The van der Waals surface area contributed by atoms with Gasteiger partial charge in [0.15, 0.2) is 0 Å². The number of nitrogens with zero attached hydrogens (tertiary/aromatic N) is 1. The molecule has 0 radical (unpaired) electrons. The summed E-state index contributed by atoms with van der Waals surface area (Å²) < 4.78 is 14.3. The van der Waals surface area contributed by atoms with Gasteiger partial charge in [-0.25, -0.2) is 4.39 Å². The molecule has 0 amide bonds. The normalized spacial score (nSPS) is 29.1. The van der Waals surface area contributed by atoms with Crippen molar-refractivity contribution in [2.75, 3.05) is 6.54 Å². The lowest BCUT2D eigenvalue weighted by Gasteiger charge is -2.37. The number of piperidine rings is 1. The van der Waals surface area contributed by atoms with Crippen LogP contribution in [0.2, 0.25) is 0 Å². The zero-order valence-electron chi connectivity index (χ0n) is 11.9. The Morgan fingerprint density at radius 3 is 2.55 bits per heavy atom. The number of benzene rings is 1. The molecule has 20 heavy (non-hydrogen) atoms. The molecule has 2 bridgehead atoms. The van der Waals surface area contributed by atoms with Crippen molar-refractivity contribution in [3.8, 4) is 0 Å². The molecule has 0 saturated carbocycles. The summed E-state index contributed by atoms with van der Waals surface area (Å²) >= 11 is 3.38. The lowest BCUT2D eigenvalue weighted by Crippen LogP contribution is -2.47. The van der Waals surface area contributed by atoms with Gasteiger partial charge in [0.25, 0.3) is 0 Å². The summed E-state index contributed by atoms with van der Waals surface area (Å²) in [5, 5.41) is 3.69. The van der Waals surface area contributed by atoms with E-state index in [2.05, 4.69) is 33.1 Å². The van der Waals surface area contributed by atoms with E-state index in [1.807, 2.05) is 6.07 Å². The third-order valence-electron chi connectivity index (χ3n) is 4.68. The molecule has 1 N–H and O–H groups in total. The fourth-order valence-electron chi connectivity index (χ4n) is 3.76. The van der Waals surface area contributed by atoms with Gasteiger partial charge < -0.3 is 5.32 Å². The molecule has 3 rings (SSSR count). The molecule has 2 atom stereocenters. The number of nitrogens with one attached hydrogen (secondary N) is 1. The van der Waals surface area contributed by atoms with Crippen LogP contribution in [0.1, 0.15) is 38.2 Å². The highest BCUT2D eigenvalue weighted by Crippen LogP contribution is 2.30. The lowest BCUT2D eigenvalue weighted by molar-refractivity contribution is 0.140. The summed E-state index contributed by atoms with van der Waals surface area (Å²) in [5.74, 6) is -0.157. The maximum atomic E-state index is 13.5. The van der Waals surface area contributed by atoms with Crippen molar-refractivity contribution in [1.29, 1.82) is 0 Å². The third kappa shape index (κ3) is 3.23. The van der Waals surface area contributed by atoms with Crippen molar-refractivity contribution >= 4 is 15.9 Å². The quantitative estimate of drug-likeness (QED) is 0.899. The molecular formula is C16H22BrFN2. The van der Waals surface area contributed by atoms with Crippen molar-refractivity contribution < 1.29 is 4.39 Å². The fraction of sp³-hybridized carbons (Fsp3) is 0.625. The van der Waals surface area contributed by atoms with Gasteiger partial charge in [-0.15, -0.1) is 0 Å². The van der Waals surface area contributed by atoms with Gasteiger partial charge in [0.2, 0.25) is 0 Å². The molecule has 2 aliphatic heterocycles. The van der Waals surface area contributed by atoms with E-state index in [9.17, 15) is 4.39 Å². The van der Waals surface area contributed by atoms with Crippen LogP contribution >= 0.6 is 15.9 Å². The van der Waals surface area contributed by atoms with Crippen LogP contribution in [-0.4, -0.2) is 29.6 Å². The second-order valence-electron chi connectivity index (χ2n) is 6.10. The summed E-state index contributed by atoms with van der Waals surface area (Å²) in [6.07, 6.45) is 5.12. The zero-order chi connectivity index (χ0) is 14.1. The first-order valence-electron chi connectivity index (χ1n) is 7.59. The highest BCUT2D eigenvalue weighted by Gasteiger charge is 2.35. The summed E-state index contributed by atoms with van der Waals surface area (Å²) in [7, 11) is 0.